The van der Waals surface area contributed by atoms with E-state index in [4.69, 9.17) is 4.74 Å². The number of benzene rings is 2. The van der Waals surface area contributed by atoms with Crippen LogP contribution in [0.2, 0.25) is 0 Å². The average molecular weight is 510 g/mol. The first-order chi connectivity index (χ1) is 17.8. The number of hydrogen-bond acceptors (Lipinski definition) is 4. The maximum atomic E-state index is 13.3. The Hall–Kier alpha value is -2.93. The number of nitrogens with one attached hydrogen (secondary N) is 2. The summed E-state index contributed by atoms with van der Waals surface area (Å²) in [5.41, 5.74) is 1.53. The van der Waals surface area contributed by atoms with Crippen molar-refractivity contribution in [3.63, 3.8) is 0 Å². The van der Waals surface area contributed by atoms with Gasteiger partial charge in [-0.15, -0.1) is 0 Å². The first-order valence-electron chi connectivity index (χ1n) is 13.5. The van der Waals surface area contributed by atoms with Crippen molar-refractivity contribution in [2.45, 2.75) is 57.8 Å². The molecule has 0 aliphatic carbocycles. The second-order valence-corrected chi connectivity index (χ2v) is 11.1. The summed E-state index contributed by atoms with van der Waals surface area (Å²) >= 11 is 0. The fourth-order valence-electron chi connectivity index (χ4n) is 5.45. The molecular weight excluding hydrogens is 469 g/mol. The zero-order valence-electron chi connectivity index (χ0n) is 22.2. The van der Waals surface area contributed by atoms with Crippen LogP contribution in [0.1, 0.15) is 57.1 Å². The van der Waals surface area contributed by atoms with Crippen LogP contribution in [0.4, 0.5) is 4.39 Å². The number of ether oxygens (including phenoxy) is 1. The number of nitrogens with zero attached hydrogens (tertiary/aromatic N) is 1. The van der Waals surface area contributed by atoms with E-state index >= 15 is 0 Å². The molecule has 0 atom stereocenters. The molecule has 0 radical (unpaired) electrons. The van der Waals surface area contributed by atoms with E-state index in [0.717, 1.165) is 62.9 Å². The maximum Gasteiger partial charge on any atom is 0.234 e. The van der Waals surface area contributed by atoms with Gasteiger partial charge in [0, 0.05) is 12.0 Å². The van der Waals surface area contributed by atoms with Crippen molar-refractivity contribution >= 4 is 11.8 Å². The second-order valence-electron chi connectivity index (χ2n) is 11.1. The number of aryl methyl sites for hydroxylation is 1. The molecular formula is C30H40FN3O3. The van der Waals surface area contributed by atoms with Gasteiger partial charge in [0.1, 0.15) is 18.2 Å². The number of amides is 2. The summed E-state index contributed by atoms with van der Waals surface area (Å²) in [5, 5.41) is 6.17. The van der Waals surface area contributed by atoms with Crippen molar-refractivity contribution in [1.29, 1.82) is 0 Å². The first kappa shape index (κ1) is 27.1. The van der Waals surface area contributed by atoms with Gasteiger partial charge in [0.25, 0.3) is 0 Å². The lowest BCUT2D eigenvalue weighted by Gasteiger charge is -2.41. The zero-order valence-corrected chi connectivity index (χ0v) is 22.2. The SMILES string of the molecule is CC(C)(CNC(=O)CN1CCC2(CCCCc3ccccc3OCCNC2=O)CC1)c1ccc(F)cc1. The van der Waals surface area contributed by atoms with Crippen molar-refractivity contribution in [2.24, 2.45) is 5.41 Å². The van der Waals surface area contributed by atoms with E-state index in [2.05, 4.69) is 21.6 Å². The molecule has 1 saturated heterocycles. The molecule has 2 heterocycles. The van der Waals surface area contributed by atoms with Crippen molar-refractivity contribution in [3.05, 3.63) is 65.5 Å². The molecule has 200 valence electrons. The van der Waals surface area contributed by atoms with E-state index in [9.17, 15) is 14.0 Å². The predicted octanol–water partition coefficient (Wildman–Crippen LogP) is 4.22. The third-order valence-corrected chi connectivity index (χ3v) is 7.98. The van der Waals surface area contributed by atoms with Gasteiger partial charge >= 0.3 is 0 Å². The predicted molar refractivity (Wildman–Crippen MR) is 143 cm³/mol. The molecule has 2 aromatic carbocycles. The third-order valence-electron chi connectivity index (χ3n) is 7.98. The summed E-state index contributed by atoms with van der Waals surface area (Å²) in [6, 6.07) is 14.6. The molecule has 4 rings (SSSR count). The number of hydrogen-bond donors (Lipinski definition) is 2. The Morgan fingerprint density at radius 3 is 2.57 bits per heavy atom. The van der Waals surface area contributed by atoms with Crippen LogP contribution in [-0.2, 0) is 21.4 Å². The summed E-state index contributed by atoms with van der Waals surface area (Å²) in [4.78, 5) is 28.1. The summed E-state index contributed by atoms with van der Waals surface area (Å²) in [6.07, 6.45) is 5.34. The molecule has 2 aliphatic heterocycles. The monoisotopic (exact) mass is 509 g/mol. The smallest absolute Gasteiger partial charge is 0.234 e. The zero-order chi connectivity index (χ0) is 26.3. The van der Waals surface area contributed by atoms with Gasteiger partial charge in [-0.05, 0) is 74.5 Å². The highest BCUT2D eigenvalue weighted by Gasteiger charge is 2.41. The number of fused-ring (bicyclic) bond motifs is 1. The van der Waals surface area contributed by atoms with E-state index in [1.165, 1.54) is 17.7 Å². The molecule has 6 nitrogen and oxygen atoms in total. The molecule has 7 heteroatoms. The van der Waals surface area contributed by atoms with E-state index in [0.29, 0.717) is 26.2 Å². The van der Waals surface area contributed by atoms with Crippen LogP contribution in [0, 0.1) is 11.2 Å². The van der Waals surface area contributed by atoms with Crippen LogP contribution < -0.4 is 15.4 Å². The van der Waals surface area contributed by atoms with Crippen LogP contribution >= 0.6 is 0 Å². The maximum absolute atomic E-state index is 13.3. The molecule has 0 saturated carbocycles. The summed E-state index contributed by atoms with van der Waals surface area (Å²) in [7, 11) is 0. The fourth-order valence-corrected chi connectivity index (χ4v) is 5.45. The van der Waals surface area contributed by atoms with Gasteiger partial charge in [0.2, 0.25) is 11.8 Å². The minimum atomic E-state index is -0.379. The second kappa shape index (κ2) is 12.1. The fraction of sp³-hybridized carbons (Fsp3) is 0.533. The van der Waals surface area contributed by atoms with E-state index in [-0.39, 0.29) is 28.5 Å². The Morgan fingerprint density at radius 2 is 1.81 bits per heavy atom. The Kier molecular flexibility index (Phi) is 8.85. The van der Waals surface area contributed by atoms with Gasteiger partial charge in [0.15, 0.2) is 0 Å². The van der Waals surface area contributed by atoms with Crippen LogP contribution in [0.3, 0.4) is 0 Å². The Bertz CT molecular complexity index is 1060. The number of likely N-dealkylation sites (tertiary alicyclic amines) is 1. The number of carbonyl (C=O) groups is 2. The van der Waals surface area contributed by atoms with Gasteiger partial charge in [-0.3, -0.25) is 14.5 Å². The average Bonchev–Trinajstić information content (AvgIpc) is 2.89. The van der Waals surface area contributed by atoms with Gasteiger partial charge in [-0.2, -0.15) is 0 Å². The minimum absolute atomic E-state index is 0.0231. The van der Waals surface area contributed by atoms with Crippen molar-refractivity contribution < 1.29 is 18.7 Å². The lowest BCUT2D eigenvalue weighted by atomic mass is 9.73. The van der Waals surface area contributed by atoms with Gasteiger partial charge in [0.05, 0.1) is 18.5 Å². The number of rotatable bonds is 5. The van der Waals surface area contributed by atoms with Crippen LogP contribution in [0.25, 0.3) is 0 Å². The van der Waals surface area contributed by atoms with E-state index in [1.54, 1.807) is 12.1 Å². The Labute approximate surface area is 220 Å². The Balaban J connectivity index is 1.28. The lowest BCUT2D eigenvalue weighted by molar-refractivity contribution is -0.135. The molecule has 2 N–H and O–H groups in total. The lowest BCUT2D eigenvalue weighted by Crippen LogP contribution is -2.51. The molecule has 0 aromatic heterocycles. The third kappa shape index (κ3) is 7.10. The van der Waals surface area contributed by atoms with Gasteiger partial charge in [-0.1, -0.05) is 50.6 Å². The summed E-state index contributed by atoms with van der Waals surface area (Å²) in [5.74, 6) is 0.750. The molecule has 2 aliphatic rings. The number of halogens is 1. The molecule has 1 fully saturated rings. The Morgan fingerprint density at radius 1 is 1.08 bits per heavy atom. The van der Waals surface area contributed by atoms with Crippen molar-refractivity contribution in [3.8, 4) is 5.75 Å². The standard InChI is InChI=1S/C30H40FN3O3/c1-29(2,24-10-12-25(31)13-11-24)22-33-27(35)21-34-18-15-30(16-19-34)14-6-5-8-23-7-3-4-9-26(23)37-20-17-32-28(30)36/h3-4,7,9-13H,5-6,8,14-22H2,1-2H3,(H,32,36)(H,33,35). The van der Waals surface area contributed by atoms with E-state index in [1.807, 2.05) is 32.0 Å². The molecule has 2 aromatic rings. The molecule has 37 heavy (non-hydrogen) atoms. The molecule has 2 amide bonds. The van der Waals surface area contributed by atoms with Gasteiger partial charge in [-0.25, -0.2) is 4.39 Å². The van der Waals surface area contributed by atoms with E-state index < -0.39 is 0 Å². The number of carbonyl (C=O) groups excluding carboxylic acids is 2. The molecule has 0 bridgehead atoms. The van der Waals surface area contributed by atoms with Crippen molar-refractivity contribution in [1.82, 2.24) is 15.5 Å². The highest BCUT2D eigenvalue weighted by Crippen LogP contribution is 2.37. The van der Waals surface area contributed by atoms with Crippen LogP contribution in [0.15, 0.2) is 48.5 Å². The largest absolute Gasteiger partial charge is 0.491 e. The molecule has 0 unspecified atom stereocenters. The van der Waals surface area contributed by atoms with Crippen molar-refractivity contribution in [2.75, 3.05) is 39.3 Å². The number of piperidine rings is 1. The van der Waals surface area contributed by atoms with Gasteiger partial charge < -0.3 is 15.4 Å². The minimum Gasteiger partial charge on any atom is -0.491 e. The summed E-state index contributed by atoms with van der Waals surface area (Å²) in [6.45, 7) is 7.27. The quantitative estimate of drug-likeness (QED) is 0.633. The van der Waals surface area contributed by atoms with Crippen LogP contribution in [-0.4, -0.2) is 56.0 Å². The summed E-state index contributed by atoms with van der Waals surface area (Å²) < 4.78 is 19.2. The topological polar surface area (TPSA) is 70.7 Å². The number of para-hydroxylation sites is 1. The van der Waals surface area contributed by atoms with Crippen LogP contribution in [0.5, 0.6) is 5.75 Å². The highest BCUT2D eigenvalue weighted by atomic mass is 19.1. The molecule has 1 spiro atoms. The first-order valence-corrected chi connectivity index (χ1v) is 13.5. The normalized spacial score (nSPS) is 19.1. The highest BCUT2D eigenvalue weighted by molar-refractivity contribution is 5.83.